The summed E-state index contributed by atoms with van der Waals surface area (Å²) in [5.74, 6) is 0.928. The third kappa shape index (κ3) is 2.05. The lowest BCUT2D eigenvalue weighted by atomic mass is 9.64. The monoisotopic (exact) mass is 237 g/mol. The van der Waals surface area contributed by atoms with Crippen LogP contribution in [0.15, 0.2) is 0 Å². The minimum Gasteiger partial charge on any atom is -0.369 e. The van der Waals surface area contributed by atoms with E-state index < -0.39 is 0 Å². The van der Waals surface area contributed by atoms with Crippen molar-refractivity contribution in [3.63, 3.8) is 0 Å². The Hall–Kier alpha value is -1.07. The zero-order valence-electron chi connectivity index (χ0n) is 10.5. The van der Waals surface area contributed by atoms with Gasteiger partial charge in [0.15, 0.2) is 5.95 Å². The number of nitrogens with one attached hydrogen (secondary N) is 1. The fourth-order valence-electron chi connectivity index (χ4n) is 3.19. The van der Waals surface area contributed by atoms with Crippen molar-refractivity contribution in [2.24, 2.45) is 22.8 Å². The minimum absolute atomic E-state index is 0.121. The number of aromatic amines is 1. The maximum Gasteiger partial charge on any atom is 0.197 e. The van der Waals surface area contributed by atoms with E-state index in [9.17, 15) is 0 Å². The molecule has 17 heavy (non-hydrogen) atoms. The molecule has 1 heterocycles. The summed E-state index contributed by atoms with van der Waals surface area (Å²) in [4.78, 5) is 7.49. The highest BCUT2D eigenvalue weighted by Crippen LogP contribution is 2.41. The summed E-state index contributed by atoms with van der Waals surface area (Å²) in [6.07, 6.45) is 4.08. The number of aromatic nitrogens is 2. The number of anilines is 1. The lowest BCUT2D eigenvalue weighted by Gasteiger charge is -2.42. The van der Waals surface area contributed by atoms with Gasteiger partial charge in [-0.25, -0.2) is 4.98 Å². The van der Waals surface area contributed by atoms with Crippen LogP contribution in [0.3, 0.4) is 0 Å². The summed E-state index contributed by atoms with van der Waals surface area (Å²) < 4.78 is 0. The molecular weight excluding hydrogens is 214 g/mol. The van der Waals surface area contributed by atoms with Crippen LogP contribution in [-0.4, -0.2) is 23.1 Å². The maximum atomic E-state index is 6.03. The molecule has 1 aliphatic rings. The largest absolute Gasteiger partial charge is 0.369 e. The van der Waals surface area contributed by atoms with Crippen molar-refractivity contribution in [2.45, 2.75) is 32.6 Å². The number of imidazole rings is 1. The Bertz CT molecular complexity index is 386. The Kier molecular flexibility index (Phi) is 3.40. The van der Waals surface area contributed by atoms with E-state index in [1.807, 2.05) is 0 Å². The van der Waals surface area contributed by atoms with E-state index in [1.165, 1.54) is 0 Å². The fourth-order valence-corrected chi connectivity index (χ4v) is 3.19. The second-order valence-electron chi connectivity index (χ2n) is 5.18. The molecule has 2 rings (SSSR count). The van der Waals surface area contributed by atoms with E-state index >= 15 is 0 Å². The summed E-state index contributed by atoms with van der Waals surface area (Å²) in [5.41, 5.74) is 20.0. The minimum atomic E-state index is 0.121. The third-order valence-electron chi connectivity index (χ3n) is 4.16. The molecule has 0 amide bonds. The van der Waals surface area contributed by atoms with Crippen molar-refractivity contribution < 1.29 is 0 Å². The Morgan fingerprint density at radius 3 is 2.82 bits per heavy atom. The molecule has 0 saturated heterocycles. The maximum absolute atomic E-state index is 6.03. The van der Waals surface area contributed by atoms with Crippen LogP contribution in [0.4, 0.5) is 5.95 Å². The first-order valence-electron chi connectivity index (χ1n) is 6.38. The number of rotatable bonds is 4. The predicted octanol–water partition coefficient (Wildman–Crippen LogP) is 0.411. The van der Waals surface area contributed by atoms with Gasteiger partial charge in [-0.3, -0.25) is 0 Å². The standard InChI is InChI=1S/C12H23N5/c1-2-3-12(7-14)5-10-9(4-8(12)6-13)16-11(15)17-10/h8H,2-7,13-14H2,1H3,(H3,15,16,17)/t8-,12+/m1/s1. The SMILES string of the molecule is CCC[C@@]1(CN)Cc2[nH]c(N)nc2C[C@@H]1CN. The van der Waals surface area contributed by atoms with Gasteiger partial charge >= 0.3 is 0 Å². The molecule has 1 aliphatic carbocycles. The van der Waals surface area contributed by atoms with Crippen LogP contribution in [0, 0.1) is 11.3 Å². The topological polar surface area (TPSA) is 107 Å². The second-order valence-corrected chi connectivity index (χ2v) is 5.18. The number of hydrogen-bond acceptors (Lipinski definition) is 4. The average Bonchev–Trinajstić information content (AvgIpc) is 2.67. The first-order chi connectivity index (χ1) is 8.15. The zero-order valence-corrected chi connectivity index (χ0v) is 10.5. The summed E-state index contributed by atoms with van der Waals surface area (Å²) in [7, 11) is 0. The molecule has 0 unspecified atom stereocenters. The molecule has 0 bridgehead atoms. The number of nitrogens with zero attached hydrogens (tertiary/aromatic N) is 1. The van der Waals surface area contributed by atoms with Gasteiger partial charge in [-0.2, -0.15) is 0 Å². The Morgan fingerprint density at radius 2 is 2.24 bits per heavy atom. The number of nitrogens with two attached hydrogens (primary N) is 3. The summed E-state index contributed by atoms with van der Waals surface area (Å²) in [6, 6.07) is 0. The van der Waals surface area contributed by atoms with Crippen LogP contribution in [0.25, 0.3) is 0 Å². The molecule has 0 saturated carbocycles. The molecule has 96 valence electrons. The summed E-state index contributed by atoms with van der Waals surface area (Å²) in [6.45, 7) is 3.55. The molecule has 7 N–H and O–H groups in total. The molecule has 2 atom stereocenters. The van der Waals surface area contributed by atoms with Crippen molar-refractivity contribution in [3.8, 4) is 0 Å². The third-order valence-corrected chi connectivity index (χ3v) is 4.16. The Morgan fingerprint density at radius 1 is 1.47 bits per heavy atom. The highest BCUT2D eigenvalue weighted by molar-refractivity contribution is 5.30. The zero-order chi connectivity index (χ0) is 12.5. The van der Waals surface area contributed by atoms with Crippen LogP contribution in [0.2, 0.25) is 0 Å². The average molecular weight is 237 g/mol. The molecular formula is C12H23N5. The second kappa shape index (κ2) is 4.66. The van der Waals surface area contributed by atoms with Crippen LogP contribution in [0.5, 0.6) is 0 Å². The van der Waals surface area contributed by atoms with Gasteiger partial charge < -0.3 is 22.2 Å². The van der Waals surface area contributed by atoms with Crippen LogP contribution < -0.4 is 17.2 Å². The van der Waals surface area contributed by atoms with Crippen molar-refractivity contribution in [2.75, 3.05) is 18.8 Å². The smallest absolute Gasteiger partial charge is 0.197 e. The van der Waals surface area contributed by atoms with Gasteiger partial charge in [0.1, 0.15) is 0 Å². The Balaban J connectivity index is 2.33. The molecule has 1 aromatic rings. The lowest BCUT2D eigenvalue weighted by Crippen LogP contribution is -2.47. The van der Waals surface area contributed by atoms with Crippen molar-refractivity contribution in [3.05, 3.63) is 11.4 Å². The van der Waals surface area contributed by atoms with E-state index in [0.717, 1.165) is 37.1 Å². The van der Waals surface area contributed by atoms with Gasteiger partial charge in [0.2, 0.25) is 0 Å². The predicted molar refractivity (Wildman–Crippen MR) is 69.3 cm³/mol. The van der Waals surface area contributed by atoms with Gasteiger partial charge in [0.05, 0.1) is 5.69 Å². The van der Waals surface area contributed by atoms with E-state index in [2.05, 4.69) is 16.9 Å². The fraction of sp³-hybridized carbons (Fsp3) is 0.750. The van der Waals surface area contributed by atoms with Crippen LogP contribution >= 0.6 is 0 Å². The van der Waals surface area contributed by atoms with Crippen LogP contribution in [0.1, 0.15) is 31.2 Å². The van der Waals surface area contributed by atoms with E-state index in [0.29, 0.717) is 25.0 Å². The number of fused-ring (bicyclic) bond motifs is 1. The van der Waals surface area contributed by atoms with Crippen molar-refractivity contribution in [1.29, 1.82) is 0 Å². The first kappa shape index (κ1) is 12.4. The molecule has 0 radical (unpaired) electrons. The normalized spacial score (nSPS) is 28.1. The first-order valence-corrected chi connectivity index (χ1v) is 6.38. The van der Waals surface area contributed by atoms with Gasteiger partial charge in [-0.15, -0.1) is 0 Å². The van der Waals surface area contributed by atoms with E-state index in [-0.39, 0.29) is 5.41 Å². The van der Waals surface area contributed by atoms with Gasteiger partial charge in [-0.05, 0) is 43.7 Å². The number of H-pyrrole nitrogens is 1. The number of nitrogen functional groups attached to an aromatic ring is 1. The molecule has 5 nitrogen and oxygen atoms in total. The van der Waals surface area contributed by atoms with E-state index in [1.54, 1.807) is 0 Å². The summed E-state index contributed by atoms with van der Waals surface area (Å²) in [5, 5.41) is 0. The van der Waals surface area contributed by atoms with Crippen molar-refractivity contribution >= 4 is 5.95 Å². The molecule has 0 aromatic carbocycles. The Labute approximate surface area is 102 Å². The highest BCUT2D eigenvalue weighted by Gasteiger charge is 2.41. The van der Waals surface area contributed by atoms with Gasteiger partial charge in [0.25, 0.3) is 0 Å². The van der Waals surface area contributed by atoms with Gasteiger partial charge in [0, 0.05) is 5.69 Å². The summed E-state index contributed by atoms with van der Waals surface area (Å²) >= 11 is 0. The quantitative estimate of drug-likeness (QED) is 0.608. The molecule has 0 spiro atoms. The van der Waals surface area contributed by atoms with E-state index in [4.69, 9.17) is 17.2 Å². The number of hydrogen-bond donors (Lipinski definition) is 4. The molecule has 0 fully saturated rings. The van der Waals surface area contributed by atoms with Gasteiger partial charge in [-0.1, -0.05) is 13.3 Å². The van der Waals surface area contributed by atoms with Crippen molar-refractivity contribution in [1.82, 2.24) is 9.97 Å². The molecule has 0 aliphatic heterocycles. The lowest BCUT2D eigenvalue weighted by molar-refractivity contribution is 0.138. The molecule has 5 heteroatoms. The molecule has 1 aromatic heterocycles. The highest BCUT2D eigenvalue weighted by atomic mass is 15.0. The van der Waals surface area contributed by atoms with Crippen LogP contribution in [-0.2, 0) is 12.8 Å².